The lowest BCUT2D eigenvalue weighted by Crippen LogP contribution is -2.15. The fourth-order valence-electron chi connectivity index (χ4n) is 3.50. The molecule has 1 aliphatic heterocycles. The zero-order valence-corrected chi connectivity index (χ0v) is 11.4. The van der Waals surface area contributed by atoms with Gasteiger partial charge in [0.25, 0.3) is 0 Å². The first kappa shape index (κ1) is 11.0. The van der Waals surface area contributed by atoms with Crippen LogP contribution in [0.3, 0.4) is 0 Å². The van der Waals surface area contributed by atoms with Crippen LogP contribution in [0.2, 0.25) is 0 Å². The highest BCUT2D eigenvalue weighted by Crippen LogP contribution is 2.44. The summed E-state index contributed by atoms with van der Waals surface area (Å²) in [5.74, 6) is 1.71. The van der Waals surface area contributed by atoms with Crippen molar-refractivity contribution in [2.75, 3.05) is 6.54 Å². The summed E-state index contributed by atoms with van der Waals surface area (Å²) >= 11 is 0. The first-order valence-corrected chi connectivity index (χ1v) is 7.04. The predicted molar refractivity (Wildman–Crippen MR) is 78.6 cm³/mol. The molecule has 0 bridgehead atoms. The van der Waals surface area contributed by atoms with E-state index in [-0.39, 0.29) is 0 Å². The Morgan fingerprint density at radius 1 is 1.32 bits per heavy atom. The van der Waals surface area contributed by atoms with Gasteiger partial charge < -0.3 is 4.42 Å². The van der Waals surface area contributed by atoms with E-state index in [0.29, 0.717) is 5.92 Å². The van der Waals surface area contributed by atoms with Gasteiger partial charge in [0.2, 0.25) is 0 Å². The molecule has 19 heavy (non-hydrogen) atoms. The molecule has 0 saturated carbocycles. The van der Waals surface area contributed by atoms with Crippen LogP contribution >= 0.6 is 0 Å². The van der Waals surface area contributed by atoms with Crippen LogP contribution in [0.15, 0.2) is 39.2 Å². The number of aliphatic imine (C=N–C) groups is 1. The van der Waals surface area contributed by atoms with Crippen LogP contribution in [0.1, 0.15) is 31.6 Å². The Kier molecular flexibility index (Phi) is 2.22. The normalized spacial score (nSPS) is 21.6. The van der Waals surface area contributed by atoms with Crippen molar-refractivity contribution in [3.63, 3.8) is 0 Å². The lowest BCUT2D eigenvalue weighted by atomic mass is 9.80. The third-order valence-corrected chi connectivity index (χ3v) is 4.53. The third kappa shape index (κ3) is 1.40. The third-order valence-electron chi connectivity index (χ3n) is 4.53. The maximum Gasteiger partial charge on any atom is 0.140 e. The quantitative estimate of drug-likeness (QED) is 0.744. The van der Waals surface area contributed by atoms with Crippen molar-refractivity contribution in [2.45, 2.75) is 26.7 Å². The molecular formula is C17H17NO. The largest absolute Gasteiger partial charge is 0.456 e. The van der Waals surface area contributed by atoms with E-state index in [0.717, 1.165) is 30.0 Å². The molecule has 0 amide bonds. The molecule has 1 aromatic heterocycles. The van der Waals surface area contributed by atoms with E-state index in [4.69, 9.17) is 4.42 Å². The topological polar surface area (TPSA) is 25.5 Å². The van der Waals surface area contributed by atoms with Gasteiger partial charge in [0.15, 0.2) is 0 Å². The van der Waals surface area contributed by atoms with Crippen molar-refractivity contribution < 1.29 is 4.42 Å². The van der Waals surface area contributed by atoms with Crippen molar-refractivity contribution in [1.29, 1.82) is 0 Å². The lowest BCUT2D eigenvalue weighted by Gasteiger charge is -2.23. The average Bonchev–Trinajstić information content (AvgIpc) is 2.99. The maximum absolute atomic E-state index is 6.13. The highest BCUT2D eigenvalue weighted by Gasteiger charge is 2.33. The van der Waals surface area contributed by atoms with Gasteiger partial charge in [-0.2, -0.15) is 0 Å². The molecule has 1 aliphatic carbocycles. The van der Waals surface area contributed by atoms with Gasteiger partial charge in [-0.3, -0.25) is 4.99 Å². The number of rotatable bonds is 1. The first-order valence-electron chi connectivity index (χ1n) is 7.04. The van der Waals surface area contributed by atoms with Gasteiger partial charge in [-0.1, -0.05) is 25.1 Å². The van der Waals surface area contributed by atoms with Crippen molar-refractivity contribution in [3.8, 4) is 0 Å². The van der Waals surface area contributed by atoms with Gasteiger partial charge in [0, 0.05) is 22.2 Å². The van der Waals surface area contributed by atoms with E-state index >= 15 is 0 Å². The first-order chi connectivity index (χ1) is 9.29. The van der Waals surface area contributed by atoms with Gasteiger partial charge in [0.05, 0.1) is 6.54 Å². The monoisotopic (exact) mass is 251 g/mol. The molecule has 96 valence electrons. The van der Waals surface area contributed by atoms with E-state index < -0.39 is 0 Å². The number of nitrogens with zero attached hydrogens (tertiary/aromatic N) is 1. The fraction of sp³-hybridized carbons (Fsp3) is 0.353. The predicted octanol–water partition coefficient (Wildman–Crippen LogP) is 4.24. The Morgan fingerprint density at radius 3 is 3.00 bits per heavy atom. The molecule has 2 aliphatic rings. The molecule has 1 aromatic carbocycles. The molecular weight excluding hydrogens is 234 g/mol. The van der Waals surface area contributed by atoms with E-state index in [1.165, 1.54) is 28.5 Å². The highest BCUT2D eigenvalue weighted by molar-refractivity contribution is 6.26. The Hall–Kier alpha value is -1.83. The summed E-state index contributed by atoms with van der Waals surface area (Å²) in [7, 11) is 0. The van der Waals surface area contributed by atoms with Gasteiger partial charge >= 0.3 is 0 Å². The SMILES string of the molecule is CCC1Cc2c(oc3ccccc23)C2=C1CN=C2C. The smallest absolute Gasteiger partial charge is 0.140 e. The van der Waals surface area contributed by atoms with E-state index in [2.05, 4.69) is 37.0 Å². The second-order valence-electron chi connectivity index (χ2n) is 5.52. The highest BCUT2D eigenvalue weighted by atomic mass is 16.3. The fourth-order valence-corrected chi connectivity index (χ4v) is 3.50. The van der Waals surface area contributed by atoms with Crippen LogP contribution in [0.5, 0.6) is 0 Å². The van der Waals surface area contributed by atoms with Crippen LogP contribution in [0.4, 0.5) is 0 Å². The van der Waals surface area contributed by atoms with Crippen molar-refractivity contribution in [3.05, 3.63) is 41.2 Å². The van der Waals surface area contributed by atoms with Gasteiger partial charge in [-0.05, 0) is 37.3 Å². The summed E-state index contributed by atoms with van der Waals surface area (Å²) in [6, 6.07) is 8.38. The summed E-state index contributed by atoms with van der Waals surface area (Å²) in [6.07, 6.45) is 2.28. The molecule has 0 N–H and O–H groups in total. The zero-order valence-electron chi connectivity index (χ0n) is 11.4. The van der Waals surface area contributed by atoms with Crippen LogP contribution < -0.4 is 0 Å². The molecule has 0 radical (unpaired) electrons. The summed E-state index contributed by atoms with van der Waals surface area (Å²) in [6.45, 7) is 5.25. The standard InChI is InChI=1S/C17H17NO/c1-3-11-8-13-12-6-4-5-7-15(12)19-17(13)16-10(2)18-9-14(11)16/h4-7,11H,3,8-9H2,1-2H3. The molecule has 1 atom stereocenters. The maximum atomic E-state index is 6.13. The summed E-state index contributed by atoms with van der Waals surface area (Å²) in [5, 5.41) is 1.28. The molecule has 2 heterocycles. The molecule has 0 fully saturated rings. The Labute approximate surface area is 112 Å². The number of allylic oxidation sites excluding steroid dienone is 1. The van der Waals surface area contributed by atoms with Crippen molar-refractivity contribution in [1.82, 2.24) is 0 Å². The molecule has 0 saturated heterocycles. The number of hydrogen-bond acceptors (Lipinski definition) is 2. The molecule has 2 aromatic rings. The molecule has 2 heteroatoms. The van der Waals surface area contributed by atoms with Gasteiger partial charge in [-0.25, -0.2) is 0 Å². The molecule has 4 rings (SSSR count). The van der Waals surface area contributed by atoms with Crippen LogP contribution in [0.25, 0.3) is 16.5 Å². The second-order valence-corrected chi connectivity index (χ2v) is 5.52. The van der Waals surface area contributed by atoms with Gasteiger partial charge in [-0.15, -0.1) is 0 Å². The van der Waals surface area contributed by atoms with Crippen LogP contribution in [-0.4, -0.2) is 12.3 Å². The summed E-state index contributed by atoms with van der Waals surface area (Å²) in [4.78, 5) is 4.63. The lowest BCUT2D eigenvalue weighted by molar-refractivity contribution is 0.543. The summed E-state index contributed by atoms with van der Waals surface area (Å²) < 4.78 is 6.13. The van der Waals surface area contributed by atoms with E-state index in [1.807, 2.05) is 6.07 Å². The van der Waals surface area contributed by atoms with Crippen molar-refractivity contribution in [2.24, 2.45) is 10.9 Å². The minimum Gasteiger partial charge on any atom is -0.456 e. The number of para-hydroxylation sites is 1. The Morgan fingerprint density at radius 2 is 2.16 bits per heavy atom. The number of hydrogen-bond donors (Lipinski definition) is 0. The summed E-state index contributed by atoms with van der Waals surface area (Å²) in [5.41, 5.74) is 6.33. The Bertz CT molecular complexity index is 733. The van der Waals surface area contributed by atoms with E-state index in [1.54, 1.807) is 0 Å². The number of furan rings is 1. The molecule has 2 nitrogen and oxygen atoms in total. The van der Waals surface area contributed by atoms with E-state index in [9.17, 15) is 0 Å². The minimum atomic E-state index is 0.629. The second kappa shape index (κ2) is 3.83. The number of fused-ring (bicyclic) bond motifs is 4. The minimum absolute atomic E-state index is 0.629. The molecule has 1 unspecified atom stereocenters. The number of benzene rings is 1. The van der Waals surface area contributed by atoms with Gasteiger partial charge in [0.1, 0.15) is 11.3 Å². The van der Waals surface area contributed by atoms with Crippen LogP contribution in [0, 0.1) is 5.92 Å². The zero-order chi connectivity index (χ0) is 13.0. The average molecular weight is 251 g/mol. The van der Waals surface area contributed by atoms with Crippen molar-refractivity contribution >= 4 is 22.3 Å². The van der Waals surface area contributed by atoms with Crippen LogP contribution in [-0.2, 0) is 6.42 Å². The molecule has 0 spiro atoms. The Balaban J connectivity index is 2.03.